The highest BCUT2D eigenvalue weighted by Gasteiger charge is 2.24. The number of amides is 1. The smallest absolute Gasteiger partial charge is 0.264 e. The topological polar surface area (TPSA) is 50.7 Å². The Morgan fingerprint density at radius 1 is 1.25 bits per heavy atom. The summed E-state index contributed by atoms with van der Waals surface area (Å²) >= 11 is 1.36. The van der Waals surface area contributed by atoms with E-state index < -0.39 is 0 Å². The minimum atomic E-state index is -0.111. The Labute approximate surface area is 144 Å². The van der Waals surface area contributed by atoms with Crippen molar-refractivity contribution in [3.05, 3.63) is 64.6 Å². The van der Waals surface area contributed by atoms with E-state index in [-0.39, 0.29) is 12.0 Å². The number of nitrogens with zero attached hydrogens (tertiary/aromatic N) is 1. The number of rotatable bonds is 2. The summed E-state index contributed by atoms with van der Waals surface area (Å²) in [7, 11) is 0. The Morgan fingerprint density at radius 2 is 2.08 bits per heavy atom. The second kappa shape index (κ2) is 6.17. The van der Waals surface area contributed by atoms with Gasteiger partial charge in [-0.2, -0.15) is 0 Å². The van der Waals surface area contributed by atoms with Gasteiger partial charge in [0.05, 0.1) is 10.6 Å². The minimum Gasteiger partial charge on any atom is -0.490 e. The van der Waals surface area contributed by atoms with E-state index in [1.54, 1.807) is 0 Å². The van der Waals surface area contributed by atoms with E-state index in [4.69, 9.17) is 4.74 Å². The van der Waals surface area contributed by atoms with Gasteiger partial charge in [-0.3, -0.25) is 4.79 Å². The van der Waals surface area contributed by atoms with Crippen LogP contribution in [0, 0.1) is 0 Å². The molecule has 0 unspecified atom stereocenters. The van der Waals surface area contributed by atoms with Gasteiger partial charge in [-0.15, -0.1) is 0 Å². The number of amidine groups is 1. The lowest BCUT2D eigenvalue weighted by Gasteiger charge is -2.02. The van der Waals surface area contributed by atoms with Crippen LogP contribution in [0.25, 0.3) is 6.08 Å². The van der Waals surface area contributed by atoms with Gasteiger partial charge in [0.2, 0.25) is 0 Å². The fourth-order valence-electron chi connectivity index (χ4n) is 2.78. The van der Waals surface area contributed by atoms with E-state index >= 15 is 0 Å². The molecule has 4 rings (SSSR count). The van der Waals surface area contributed by atoms with Gasteiger partial charge in [-0.1, -0.05) is 24.3 Å². The molecule has 1 saturated heterocycles. The molecule has 0 aromatic heterocycles. The molecule has 1 fully saturated rings. The van der Waals surface area contributed by atoms with Crippen molar-refractivity contribution in [1.29, 1.82) is 0 Å². The number of carbonyl (C=O) groups excluding carboxylic acids is 1. The van der Waals surface area contributed by atoms with Crippen molar-refractivity contribution in [2.24, 2.45) is 4.99 Å². The molecular weight excluding hydrogens is 320 g/mol. The minimum absolute atomic E-state index is 0.111. The summed E-state index contributed by atoms with van der Waals surface area (Å²) in [6.45, 7) is 2.06. The van der Waals surface area contributed by atoms with Gasteiger partial charge in [-0.05, 0) is 60.2 Å². The summed E-state index contributed by atoms with van der Waals surface area (Å²) in [4.78, 5) is 17.3. The third kappa shape index (κ3) is 3.08. The molecular formula is C19H16N2O2S. The highest BCUT2D eigenvalue weighted by Crippen LogP contribution is 2.32. The number of carbonyl (C=O) groups is 1. The van der Waals surface area contributed by atoms with Crippen LogP contribution in [0.5, 0.6) is 5.75 Å². The number of thioether (sulfide) groups is 1. The lowest BCUT2D eigenvalue weighted by atomic mass is 10.1. The first-order valence-electron chi connectivity index (χ1n) is 7.81. The molecule has 1 amide bonds. The Balaban J connectivity index is 1.57. The molecule has 2 heterocycles. The fraction of sp³-hybridized carbons (Fsp3) is 0.158. The summed E-state index contributed by atoms with van der Waals surface area (Å²) in [5.41, 5.74) is 3.02. The number of hydrogen-bond acceptors (Lipinski definition) is 4. The Hall–Kier alpha value is -2.53. The Kier molecular flexibility index (Phi) is 3.86. The molecule has 2 aliphatic rings. The number of ether oxygens (including phenoxy) is 1. The second-order valence-electron chi connectivity index (χ2n) is 5.82. The molecule has 1 N–H and O–H groups in total. The van der Waals surface area contributed by atoms with Crippen molar-refractivity contribution in [1.82, 2.24) is 5.32 Å². The summed E-state index contributed by atoms with van der Waals surface area (Å²) in [6.07, 6.45) is 3.03. The van der Waals surface area contributed by atoms with Gasteiger partial charge in [-0.25, -0.2) is 4.99 Å². The molecule has 0 saturated carbocycles. The Bertz CT molecular complexity index is 859. The zero-order chi connectivity index (χ0) is 16.5. The number of para-hydroxylation sites is 1. The van der Waals surface area contributed by atoms with Crippen LogP contribution in [0.2, 0.25) is 0 Å². The van der Waals surface area contributed by atoms with Crippen molar-refractivity contribution in [3.8, 4) is 5.75 Å². The first kappa shape index (κ1) is 15.0. The zero-order valence-electron chi connectivity index (χ0n) is 13.2. The van der Waals surface area contributed by atoms with Crippen molar-refractivity contribution in [2.75, 3.05) is 0 Å². The molecule has 0 spiro atoms. The van der Waals surface area contributed by atoms with E-state index in [1.807, 2.05) is 48.5 Å². The average molecular weight is 336 g/mol. The molecule has 0 aliphatic carbocycles. The molecule has 120 valence electrons. The van der Waals surface area contributed by atoms with Crippen LogP contribution in [0.4, 0.5) is 5.69 Å². The molecule has 1 atom stereocenters. The van der Waals surface area contributed by atoms with Gasteiger partial charge in [0.25, 0.3) is 5.91 Å². The van der Waals surface area contributed by atoms with Gasteiger partial charge < -0.3 is 10.1 Å². The van der Waals surface area contributed by atoms with E-state index in [9.17, 15) is 4.79 Å². The molecule has 2 aliphatic heterocycles. The zero-order valence-corrected chi connectivity index (χ0v) is 14.0. The summed E-state index contributed by atoms with van der Waals surface area (Å²) in [6, 6.07) is 15.6. The molecule has 2 aromatic rings. The number of benzene rings is 2. The number of fused-ring (bicyclic) bond motifs is 1. The van der Waals surface area contributed by atoms with E-state index in [0.717, 1.165) is 23.4 Å². The highest BCUT2D eigenvalue weighted by molar-refractivity contribution is 8.18. The van der Waals surface area contributed by atoms with Crippen LogP contribution >= 0.6 is 11.8 Å². The van der Waals surface area contributed by atoms with Crippen LogP contribution < -0.4 is 10.1 Å². The van der Waals surface area contributed by atoms with Gasteiger partial charge in [0.15, 0.2) is 5.17 Å². The van der Waals surface area contributed by atoms with Crippen molar-refractivity contribution in [3.63, 3.8) is 0 Å². The first-order valence-corrected chi connectivity index (χ1v) is 8.63. The molecule has 24 heavy (non-hydrogen) atoms. The number of hydrogen-bond donors (Lipinski definition) is 1. The lowest BCUT2D eigenvalue weighted by molar-refractivity contribution is -0.115. The summed E-state index contributed by atoms with van der Waals surface area (Å²) in [5.74, 6) is 0.833. The van der Waals surface area contributed by atoms with Crippen LogP contribution in [0.3, 0.4) is 0 Å². The predicted molar refractivity (Wildman–Crippen MR) is 97.5 cm³/mol. The molecule has 0 bridgehead atoms. The summed E-state index contributed by atoms with van der Waals surface area (Å²) < 4.78 is 5.71. The van der Waals surface area contributed by atoms with Crippen molar-refractivity contribution >= 4 is 34.6 Å². The predicted octanol–water partition coefficient (Wildman–Crippen LogP) is 3.90. The third-order valence-corrected chi connectivity index (χ3v) is 4.77. The first-order chi connectivity index (χ1) is 11.7. The normalized spacial score (nSPS) is 22.5. The maximum atomic E-state index is 12.2. The molecule has 0 radical (unpaired) electrons. The number of aliphatic imine (C=N–C) groups is 1. The van der Waals surface area contributed by atoms with Crippen LogP contribution in [-0.4, -0.2) is 17.2 Å². The standard InChI is InChI=1S/C19H16N2O2S/c1-12-9-14-10-13(7-8-16(14)23-12)11-17-18(22)21-19(24-17)20-15-5-3-2-4-6-15/h2-8,10-12H,9H2,1H3,(H,20,21,22)/b17-11+/t12-/m1/s1. The monoisotopic (exact) mass is 336 g/mol. The Morgan fingerprint density at radius 3 is 2.92 bits per heavy atom. The van der Waals surface area contributed by atoms with Gasteiger partial charge >= 0.3 is 0 Å². The van der Waals surface area contributed by atoms with Gasteiger partial charge in [0.1, 0.15) is 11.9 Å². The molecule has 2 aromatic carbocycles. The van der Waals surface area contributed by atoms with Crippen molar-refractivity contribution < 1.29 is 9.53 Å². The molecule has 4 nitrogen and oxygen atoms in total. The van der Waals surface area contributed by atoms with Crippen molar-refractivity contribution in [2.45, 2.75) is 19.4 Å². The largest absolute Gasteiger partial charge is 0.490 e. The maximum Gasteiger partial charge on any atom is 0.264 e. The fourth-order valence-corrected chi connectivity index (χ4v) is 3.63. The quantitative estimate of drug-likeness (QED) is 0.846. The van der Waals surface area contributed by atoms with Gasteiger partial charge in [0, 0.05) is 6.42 Å². The second-order valence-corrected chi connectivity index (χ2v) is 6.85. The van der Waals surface area contributed by atoms with E-state index in [1.165, 1.54) is 17.3 Å². The lowest BCUT2D eigenvalue weighted by Crippen LogP contribution is -2.19. The SMILES string of the molecule is C[C@@H]1Cc2cc(/C=C3/SC(=Nc4ccccc4)NC3=O)ccc2O1. The van der Waals surface area contributed by atoms with Crippen LogP contribution in [-0.2, 0) is 11.2 Å². The average Bonchev–Trinajstić information content (AvgIpc) is 3.10. The van der Waals surface area contributed by atoms with E-state index in [2.05, 4.69) is 23.3 Å². The van der Waals surface area contributed by atoms with E-state index in [0.29, 0.717) is 10.1 Å². The molecule has 5 heteroatoms. The third-order valence-electron chi connectivity index (χ3n) is 3.86. The maximum absolute atomic E-state index is 12.2. The van der Waals surface area contributed by atoms with Crippen LogP contribution in [0.1, 0.15) is 18.1 Å². The number of nitrogens with one attached hydrogen (secondary N) is 1. The summed E-state index contributed by atoms with van der Waals surface area (Å²) in [5, 5.41) is 3.42. The van der Waals surface area contributed by atoms with Crippen LogP contribution in [0.15, 0.2) is 58.4 Å². The highest BCUT2D eigenvalue weighted by atomic mass is 32.2.